The van der Waals surface area contributed by atoms with Crippen molar-refractivity contribution in [2.45, 2.75) is 63.7 Å². The van der Waals surface area contributed by atoms with Crippen LogP contribution in [0, 0.1) is 0 Å². The molecule has 3 heterocycles. The monoisotopic (exact) mass is 478 g/mol. The predicted molar refractivity (Wildman–Crippen MR) is 134 cm³/mol. The molecule has 1 aliphatic carbocycles. The largest absolute Gasteiger partial charge is 0.361 e. The number of amides is 2. The SMILES string of the molecule is CC(C)c1ccc(-c2cccc(Cl)c2NC(=O)N2CCC(C)(c3cc(C4CC4)on3)CC2)cn1. The number of aromatic nitrogens is 2. The fourth-order valence-electron chi connectivity index (χ4n) is 4.58. The molecule has 0 atom stereocenters. The van der Waals surface area contributed by atoms with Crippen molar-refractivity contribution < 1.29 is 9.32 Å². The standard InChI is InChI=1S/C27H31ClN4O2/c1-17(2)22-10-9-19(16-29-22)20-5-4-6-21(28)25(20)30-26(33)32-13-11-27(3,12-14-32)24-15-23(34-31-24)18-7-8-18/h4-6,9-10,15-18H,7-8,11-14H2,1-3H3,(H,30,33). The molecule has 2 aromatic heterocycles. The van der Waals surface area contributed by atoms with Gasteiger partial charge in [0.15, 0.2) is 0 Å². The lowest BCUT2D eigenvalue weighted by Gasteiger charge is -2.38. The van der Waals surface area contributed by atoms with E-state index in [2.05, 4.69) is 42.3 Å². The van der Waals surface area contributed by atoms with E-state index in [-0.39, 0.29) is 11.4 Å². The summed E-state index contributed by atoms with van der Waals surface area (Å²) in [5, 5.41) is 7.95. The molecule has 0 unspecified atom stereocenters. The Bertz CT molecular complexity index is 1180. The Morgan fingerprint density at radius 2 is 1.97 bits per heavy atom. The van der Waals surface area contributed by atoms with Crippen molar-refractivity contribution in [3.8, 4) is 11.1 Å². The van der Waals surface area contributed by atoms with Crippen LogP contribution in [0.3, 0.4) is 0 Å². The second-order valence-corrected chi connectivity index (χ2v) is 10.6. The van der Waals surface area contributed by atoms with Gasteiger partial charge in [0.2, 0.25) is 0 Å². The van der Waals surface area contributed by atoms with E-state index in [1.54, 1.807) is 6.07 Å². The van der Waals surface area contributed by atoms with E-state index in [1.165, 1.54) is 12.8 Å². The zero-order valence-electron chi connectivity index (χ0n) is 20.0. The summed E-state index contributed by atoms with van der Waals surface area (Å²) in [5.74, 6) is 1.92. The van der Waals surface area contributed by atoms with Gasteiger partial charge >= 0.3 is 6.03 Å². The Hall–Kier alpha value is -2.86. The number of hydrogen-bond donors (Lipinski definition) is 1. The fraction of sp³-hybridized carbons (Fsp3) is 0.444. The van der Waals surface area contributed by atoms with Gasteiger partial charge in [-0.15, -0.1) is 0 Å². The maximum absolute atomic E-state index is 13.2. The number of halogens is 1. The third-order valence-corrected chi connectivity index (χ3v) is 7.53. The molecule has 1 saturated heterocycles. The summed E-state index contributed by atoms with van der Waals surface area (Å²) in [6.07, 6.45) is 5.92. The van der Waals surface area contributed by atoms with Crippen molar-refractivity contribution in [1.29, 1.82) is 0 Å². The molecule has 1 N–H and O–H groups in total. The summed E-state index contributed by atoms with van der Waals surface area (Å²) in [6, 6.07) is 11.7. The van der Waals surface area contributed by atoms with Gasteiger partial charge in [0.05, 0.1) is 16.4 Å². The highest BCUT2D eigenvalue weighted by Crippen LogP contribution is 2.43. The van der Waals surface area contributed by atoms with Crippen molar-refractivity contribution in [1.82, 2.24) is 15.0 Å². The van der Waals surface area contributed by atoms with Crippen LogP contribution in [0.2, 0.25) is 5.02 Å². The van der Waals surface area contributed by atoms with Gasteiger partial charge < -0.3 is 14.7 Å². The number of nitrogens with zero attached hydrogens (tertiary/aromatic N) is 3. The van der Waals surface area contributed by atoms with E-state index >= 15 is 0 Å². The van der Waals surface area contributed by atoms with Crippen LogP contribution < -0.4 is 5.32 Å². The van der Waals surface area contributed by atoms with Crippen LogP contribution in [0.25, 0.3) is 11.1 Å². The summed E-state index contributed by atoms with van der Waals surface area (Å²) in [7, 11) is 0. The molecule has 6 nitrogen and oxygen atoms in total. The van der Waals surface area contributed by atoms with E-state index in [1.807, 2.05) is 35.4 Å². The first-order valence-corrected chi connectivity index (χ1v) is 12.5. The molecule has 2 amide bonds. The lowest BCUT2D eigenvalue weighted by atomic mass is 9.77. The summed E-state index contributed by atoms with van der Waals surface area (Å²) in [6.45, 7) is 7.75. The van der Waals surface area contributed by atoms with Crippen molar-refractivity contribution in [2.24, 2.45) is 0 Å². The van der Waals surface area contributed by atoms with E-state index < -0.39 is 0 Å². The zero-order valence-corrected chi connectivity index (χ0v) is 20.7. The predicted octanol–water partition coefficient (Wildman–Crippen LogP) is 6.98. The van der Waals surface area contributed by atoms with Crippen LogP contribution >= 0.6 is 11.6 Å². The summed E-state index contributed by atoms with van der Waals surface area (Å²) < 4.78 is 5.59. The first kappa shape index (κ1) is 22.9. The number of hydrogen-bond acceptors (Lipinski definition) is 4. The van der Waals surface area contributed by atoms with Crippen LogP contribution in [0.4, 0.5) is 10.5 Å². The molecule has 5 rings (SSSR count). The molecule has 1 aromatic carbocycles. The average molecular weight is 479 g/mol. The second-order valence-electron chi connectivity index (χ2n) is 10.2. The highest BCUT2D eigenvalue weighted by Gasteiger charge is 2.38. The molecular formula is C27H31ClN4O2. The van der Waals surface area contributed by atoms with Gasteiger partial charge in [0.25, 0.3) is 0 Å². The van der Waals surface area contributed by atoms with E-state index in [0.29, 0.717) is 35.6 Å². The number of anilines is 1. The minimum absolute atomic E-state index is 0.0766. The Labute approximate surface area is 205 Å². The number of urea groups is 1. The Balaban J connectivity index is 1.28. The number of para-hydroxylation sites is 1. The van der Waals surface area contributed by atoms with Crippen LogP contribution in [0.5, 0.6) is 0 Å². The summed E-state index contributed by atoms with van der Waals surface area (Å²) in [5.41, 5.74) is 4.37. The second kappa shape index (κ2) is 9.06. The number of carbonyl (C=O) groups excluding carboxylic acids is 1. The number of rotatable bonds is 5. The smallest absolute Gasteiger partial charge is 0.321 e. The summed E-state index contributed by atoms with van der Waals surface area (Å²) >= 11 is 6.53. The summed E-state index contributed by atoms with van der Waals surface area (Å²) in [4.78, 5) is 19.6. The average Bonchev–Trinajstić information content (AvgIpc) is 3.56. The van der Waals surface area contributed by atoms with E-state index in [4.69, 9.17) is 16.1 Å². The third-order valence-electron chi connectivity index (χ3n) is 7.22. The van der Waals surface area contributed by atoms with Gasteiger partial charge in [0.1, 0.15) is 5.76 Å². The molecule has 1 saturated carbocycles. The number of pyridine rings is 1. The van der Waals surface area contributed by atoms with Gasteiger partial charge in [-0.3, -0.25) is 4.98 Å². The lowest BCUT2D eigenvalue weighted by molar-refractivity contribution is 0.170. The van der Waals surface area contributed by atoms with Crippen LogP contribution in [-0.4, -0.2) is 34.2 Å². The number of piperidine rings is 1. The van der Waals surface area contributed by atoms with Crippen LogP contribution in [-0.2, 0) is 5.41 Å². The van der Waals surface area contributed by atoms with Crippen LogP contribution in [0.15, 0.2) is 47.1 Å². The maximum Gasteiger partial charge on any atom is 0.321 e. The molecule has 0 radical (unpaired) electrons. The van der Waals surface area contributed by atoms with Gasteiger partial charge in [-0.1, -0.05) is 55.7 Å². The van der Waals surface area contributed by atoms with E-state index in [9.17, 15) is 4.79 Å². The lowest BCUT2D eigenvalue weighted by Crippen LogP contribution is -2.45. The Morgan fingerprint density at radius 3 is 2.62 bits per heavy atom. The molecule has 3 aromatic rings. The number of carbonyl (C=O) groups is 1. The maximum atomic E-state index is 13.2. The molecule has 34 heavy (non-hydrogen) atoms. The third kappa shape index (κ3) is 4.56. The minimum Gasteiger partial charge on any atom is -0.361 e. The Morgan fingerprint density at radius 1 is 1.21 bits per heavy atom. The zero-order chi connectivity index (χ0) is 23.9. The number of nitrogens with one attached hydrogen (secondary N) is 1. The van der Waals surface area contributed by atoms with E-state index in [0.717, 1.165) is 41.1 Å². The molecule has 2 fully saturated rings. The number of likely N-dealkylation sites (tertiary alicyclic amines) is 1. The topological polar surface area (TPSA) is 71.3 Å². The Kier molecular flexibility index (Phi) is 6.11. The van der Waals surface area contributed by atoms with Crippen LogP contribution in [0.1, 0.15) is 75.4 Å². The quantitative estimate of drug-likeness (QED) is 0.429. The fourth-order valence-corrected chi connectivity index (χ4v) is 4.80. The van der Waals surface area contributed by atoms with Crippen molar-refractivity contribution >= 4 is 23.3 Å². The van der Waals surface area contributed by atoms with Crippen molar-refractivity contribution in [3.05, 3.63) is 64.8 Å². The molecule has 7 heteroatoms. The molecule has 0 spiro atoms. The van der Waals surface area contributed by atoms with Crippen molar-refractivity contribution in [3.63, 3.8) is 0 Å². The number of benzene rings is 1. The highest BCUT2D eigenvalue weighted by atomic mass is 35.5. The van der Waals surface area contributed by atoms with Gasteiger partial charge in [-0.05, 0) is 43.7 Å². The normalized spacial score (nSPS) is 17.7. The highest BCUT2D eigenvalue weighted by molar-refractivity contribution is 6.34. The molecular weight excluding hydrogens is 448 g/mol. The minimum atomic E-state index is -0.137. The molecule has 0 bridgehead atoms. The van der Waals surface area contributed by atoms with Gasteiger partial charge in [0, 0.05) is 53.5 Å². The first-order valence-electron chi connectivity index (χ1n) is 12.1. The van der Waals surface area contributed by atoms with Gasteiger partial charge in [-0.25, -0.2) is 4.79 Å². The first-order chi connectivity index (χ1) is 16.3. The molecule has 1 aliphatic heterocycles. The molecule has 178 valence electrons. The van der Waals surface area contributed by atoms with Gasteiger partial charge in [-0.2, -0.15) is 0 Å². The molecule has 2 aliphatic rings. The van der Waals surface area contributed by atoms with Crippen molar-refractivity contribution in [2.75, 3.05) is 18.4 Å².